The van der Waals surface area contributed by atoms with Crippen molar-refractivity contribution >= 4 is 55.3 Å². The highest BCUT2D eigenvalue weighted by Gasteiger charge is 2.22. The van der Waals surface area contributed by atoms with Gasteiger partial charge in [-0.15, -0.1) is 0 Å². The van der Waals surface area contributed by atoms with Crippen LogP contribution in [0.1, 0.15) is 77.0 Å². The van der Waals surface area contributed by atoms with Crippen molar-refractivity contribution in [3.63, 3.8) is 0 Å². The van der Waals surface area contributed by atoms with E-state index in [1.54, 1.807) is 0 Å². The van der Waals surface area contributed by atoms with Gasteiger partial charge in [0.25, 0.3) is 0 Å². The summed E-state index contributed by atoms with van der Waals surface area (Å²) in [6.45, 7) is 15.6. The van der Waals surface area contributed by atoms with Crippen molar-refractivity contribution in [2.24, 2.45) is 0 Å². The minimum absolute atomic E-state index is 0.0371. The molecule has 0 saturated carbocycles. The van der Waals surface area contributed by atoms with E-state index in [0.29, 0.717) is 28.4 Å². The third kappa shape index (κ3) is 5.43. The first-order chi connectivity index (χ1) is 24.0. The SMILES string of the molecule is CC(C)c1cccc(C(C)C)c1-c1cc(Cl)cc(Oc2ccc3c4c5oc6ccccc6c5ccc4n(-c4cc(C(C)(C)C)ccn4)c3c2)c1. The van der Waals surface area contributed by atoms with Crippen LogP contribution >= 0.6 is 11.6 Å². The molecule has 250 valence electrons. The van der Waals surface area contributed by atoms with Gasteiger partial charge >= 0.3 is 0 Å². The number of para-hydroxylation sites is 1. The molecule has 0 aliphatic carbocycles. The van der Waals surface area contributed by atoms with Crippen LogP contribution in [-0.4, -0.2) is 9.55 Å². The highest BCUT2D eigenvalue weighted by molar-refractivity contribution is 6.31. The molecule has 5 heteroatoms. The summed E-state index contributed by atoms with van der Waals surface area (Å²) in [4.78, 5) is 4.91. The van der Waals surface area contributed by atoms with Gasteiger partial charge in [0.1, 0.15) is 28.5 Å². The summed E-state index contributed by atoms with van der Waals surface area (Å²) in [7, 11) is 0. The van der Waals surface area contributed by atoms with Crippen LogP contribution in [0.2, 0.25) is 5.02 Å². The summed E-state index contributed by atoms with van der Waals surface area (Å²) in [5.74, 6) is 2.97. The van der Waals surface area contributed by atoms with Crippen molar-refractivity contribution in [3.05, 3.63) is 131 Å². The van der Waals surface area contributed by atoms with Gasteiger partial charge in [0.2, 0.25) is 0 Å². The van der Waals surface area contributed by atoms with E-state index in [-0.39, 0.29) is 5.41 Å². The molecule has 5 aromatic carbocycles. The fourth-order valence-corrected chi connectivity index (χ4v) is 7.59. The number of hydrogen-bond acceptors (Lipinski definition) is 3. The molecule has 50 heavy (non-hydrogen) atoms. The summed E-state index contributed by atoms with van der Waals surface area (Å²) in [5.41, 5.74) is 9.84. The molecule has 0 radical (unpaired) electrons. The van der Waals surface area contributed by atoms with Crippen molar-refractivity contribution in [3.8, 4) is 28.4 Å². The molecule has 0 aliphatic heterocycles. The minimum Gasteiger partial charge on any atom is -0.457 e. The maximum atomic E-state index is 6.82. The first kappa shape index (κ1) is 32.2. The molecular formula is C45H41ClN2O2. The number of rotatable bonds is 6. The third-order valence-electron chi connectivity index (χ3n) is 9.85. The number of halogens is 1. The minimum atomic E-state index is -0.0371. The van der Waals surface area contributed by atoms with Crippen LogP contribution in [0.3, 0.4) is 0 Å². The van der Waals surface area contributed by atoms with Crippen molar-refractivity contribution < 1.29 is 9.15 Å². The van der Waals surface area contributed by atoms with Gasteiger partial charge in [-0.25, -0.2) is 4.98 Å². The summed E-state index contributed by atoms with van der Waals surface area (Å²) >= 11 is 6.82. The lowest BCUT2D eigenvalue weighted by atomic mass is 9.85. The molecule has 0 atom stereocenters. The molecule has 0 saturated heterocycles. The number of fused-ring (bicyclic) bond motifs is 7. The van der Waals surface area contributed by atoms with E-state index in [2.05, 4.69) is 132 Å². The van der Waals surface area contributed by atoms with Gasteiger partial charge in [-0.3, -0.25) is 4.57 Å². The number of nitrogens with zero attached hydrogens (tertiary/aromatic N) is 2. The Labute approximate surface area is 298 Å². The fourth-order valence-electron chi connectivity index (χ4n) is 7.37. The molecular weight excluding hydrogens is 636 g/mol. The van der Waals surface area contributed by atoms with Crippen LogP contribution in [0.15, 0.2) is 114 Å². The zero-order chi connectivity index (χ0) is 34.9. The van der Waals surface area contributed by atoms with Crippen molar-refractivity contribution in [2.75, 3.05) is 0 Å². The number of benzene rings is 5. The second-order valence-corrected chi connectivity index (χ2v) is 15.4. The second kappa shape index (κ2) is 12.1. The van der Waals surface area contributed by atoms with E-state index in [1.165, 1.54) is 22.3 Å². The van der Waals surface area contributed by atoms with Gasteiger partial charge < -0.3 is 9.15 Å². The summed E-state index contributed by atoms with van der Waals surface area (Å²) < 4.78 is 15.5. The van der Waals surface area contributed by atoms with E-state index in [0.717, 1.165) is 55.1 Å². The maximum Gasteiger partial charge on any atom is 0.145 e. The van der Waals surface area contributed by atoms with Gasteiger partial charge in [-0.2, -0.15) is 0 Å². The summed E-state index contributed by atoms with van der Waals surface area (Å²) in [6, 6.07) is 35.8. The third-order valence-corrected chi connectivity index (χ3v) is 10.1. The van der Waals surface area contributed by atoms with Crippen molar-refractivity contribution in [1.82, 2.24) is 9.55 Å². The van der Waals surface area contributed by atoms with E-state index < -0.39 is 0 Å². The quantitative estimate of drug-likeness (QED) is 0.176. The largest absolute Gasteiger partial charge is 0.457 e. The standard InChI is InChI=1S/C45H41ClN2O2/c1-26(2)33-12-10-13-34(27(3)4)42(33)28-21-30(46)24-32(22-28)49-31-15-16-37-39(25-31)48(41-23-29(19-20-47-41)45(5,6)7)38-18-17-36-35-11-8-9-14-40(35)50-44(36)43(37)38/h8-27H,1-7H3. The predicted molar refractivity (Wildman–Crippen MR) is 210 cm³/mol. The van der Waals surface area contributed by atoms with Crippen LogP contribution in [0.5, 0.6) is 11.5 Å². The van der Waals surface area contributed by atoms with Crippen LogP contribution in [-0.2, 0) is 5.41 Å². The van der Waals surface area contributed by atoms with Crippen molar-refractivity contribution in [1.29, 1.82) is 0 Å². The normalized spacial score (nSPS) is 12.4. The Hall–Kier alpha value is -5.06. The summed E-state index contributed by atoms with van der Waals surface area (Å²) in [5, 5.41) is 4.96. The topological polar surface area (TPSA) is 40.2 Å². The molecule has 0 fully saturated rings. The van der Waals surface area contributed by atoms with E-state index >= 15 is 0 Å². The van der Waals surface area contributed by atoms with Crippen LogP contribution in [0.4, 0.5) is 0 Å². The van der Waals surface area contributed by atoms with E-state index in [1.807, 2.05) is 30.5 Å². The molecule has 0 spiro atoms. The number of hydrogen-bond donors (Lipinski definition) is 0. The molecule has 3 heterocycles. The van der Waals surface area contributed by atoms with Gasteiger partial charge in [0.05, 0.1) is 16.4 Å². The van der Waals surface area contributed by atoms with Crippen LogP contribution < -0.4 is 4.74 Å². The Balaban J connectivity index is 1.33. The molecule has 4 nitrogen and oxygen atoms in total. The Morgan fingerprint density at radius 1 is 0.700 bits per heavy atom. The molecule has 0 amide bonds. The number of furan rings is 1. The van der Waals surface area contributed by atoms with E-state index in [9.17, 15) is 0 Å². The molecule has 3 aromatic heterocycles. The first-order valence-corrected chi connectivity index (χ1v) is 17.8. The summed E-state index contributed by atoms with van der Waals surface area (Å²) in [6.07, 6.45) is 1.90. The van der Waals surface area contributed by atoms with Gasteiger partial charge in [0.15, 0.2) is 0 Å². The molecule has 8 aromatic rings. The van der Waals surface area contributed by atoms with Gasteiger partial charge in [0, 0.05) is 33.4 Å². The maximum absolute atomic E-state index is 6.82. The van der Waals surface area contributed by atoms with E-state index in [4.69, 9.17) is 25.7 Å². The van der Waals surface area contributed by atoms with Crippen LogP contribution in [0.25, 0.3) is 60.7 Å². The van der Waals surface area contributed by atoms with Gasteiger partial charge in [-0.1, -0.05) is 96.5 Å². The Morgan fingerprint density at radius 3 is 2.18 bits per heavy atom. The first-order valence-electron chi connectivity index (χ1n) is 17.4. The number of aromatic nitrogens is 2. The highest BCUT2D eigenvalue weighted by atomic mass is 35.5. The predicted octanol–water partition coefficient (Wildman–Crippen LogP) is 13.7. The Kier molecular flexibility index (Phi) is 7.76. The lowest BCUT2D eigenvalue weighted by Crippen LogP contribution is -2.12. The lowest BCUT2D eigenvalue weighted by molar-refractivity contribution is 0.483. The smallest absolute Gasteiger partial charge is 0.145 e. The lowest BCUT2D eigenvalue weighted by Gasteiger charge is -2.21. The number of ether oxygens (including phenoxy) is 1. The Bertz CT molecular complexity index is 2560. The highest BCUT2D eigenvalue weighted by Crippen LogP contribution is 2.43. The second-order valence-electron chi connectivity index (χ2n) is 15.0. The number of pyridine rings is 1. The van der Waals surface area contributed by atoms with Crippen molar-refractivity contribution in [2.45, 2.75) is 65.7 Å². The molecule has 0 N–H and O–H groups in total. The zero-order valence-electron chi connectivity index (χ0n) is 29.6. The monoisotopic (exact) mass is 676 g/mol. The molecule has 0 aliphatic rings. The fraction of sp³-hybridized carbons (Fsp3) is 0.222. The molecule has 0 unspecified atom stereocenters. The molecule has 0 bridgehead atoms. The average molecular weight is 677 g/mol. The molecule has 8 rings (SSSR count). The van der Waals surface area contributed by atoms with Crippen LogP contribution in [0, 0.1) is 0 Å². The van der Waals surface area contributed by atoms with Gasteiger partial charge in [-0.05, 0) is 106 Å². The Morgan fingerprint density at radius 2 is 1.44 bits per heavy atom. The zero-order valence-corrected chi connectivity index (χ0v) is 30.4. The average Bonchev–Trinajstić information content (AvgIpc) is 3.62.